The van der Waals surface area contributed by atoms with Gasteiger partial charge in [-0.15, -0.1) is 0 Å². The largest absolute Gasteiger partial charge is 0.493 e. The van der Waals surface area contributed by atoms with Gasteiger partial charge in [-0.1, -0.05) is 6.07 Å². The molecule has 0 aliphatic carbocycles. The summed E-state index contributed by atoms with van der Waals surface area (Å²) in [6.07, 6.45) is 2.91. The van der Waals surface area contributed by atoms with Crippen molar-refractivity contribution in [1.29, 1.82) is 0 Å². The van der Waals surface area contributed by atoms with Crippen molar-refractivity contribution in [2.75, 3.05) is 20.8 Å². The van der Waals surface area contributed by atoms with E-state index in [4.69, 9.17) is 9.47 Å². The number of methoxy groups -OCH3 is 2. The highest BCUT2D eigenvalue weighted by Crippen LogP contribution is 2.27. The molecule has 6 heteroatoms. The van der Waals surface area contributed by atoms with Gasteiger partial charge in [0.2, 0.25) is 5.91 Å². The zero-order valence-electron chi connectivity index (χ0n) is 13.8. The van der Waals surface area contributed by atoms with Crippen LogP contribution in [0.1, 0.15) is 17.7 Å². The molecule has 2 rings (SSSR count). The number of aryl methyl sites for hydroxylation is 2. The summed E-state index contributed by atoms with van der Waals surface area (Å²) in [7, 11) is 3.22. The zero-order chi connectivity index (χ0) is 16.7. The van der Waals surface area contributed by atoms with Gasteiger partial charge in [0, 0.05) is 31.4 Å². The van der Waals surface area contributed by atoms with Crippen LogP contribution >= 0.6 is 0 Å². The first kappa shape index (κ1) is 16.9. The molecule has 1 aromatic carbocycles. The Balaban J connectivity index is 1.76. The van der Waals surface area contributed by atoms with Crippen molar-refractivity contribution < 1.29 is 14.3 Å². The fraction of sp³-hybridized carbons (Fsp3) is 0.412. The molecule has 0 atom stereocenters. The number of carbonyl (C=O) groups is 1. The Bertz CT molecular complexity index is 652. The first-order valence-corrected chi connectivity index (χ1v) is 7.60. The Morgan fingerprint density at radius 2 is 2.00 bits per heavy atom. The van der Waals surface area contributed by atoms with E-state index in [-0.39, 0.29) is 5.91 Å². The Hall–Kier alpha value is -2.50. The summed E-state index contributed by atoms with van der Waals surface area (Å²) < 4.78 is 12.3. The average Bonchev–Trinajstić information content (AvgIpc) is 2.97. The third-order valence-electron chi connectivity index (χ3n) is 3.66. The molecule has 1 heterocycles. The number of nitrogens with zero attached hydrogens (tertiary/aromatic N) is 2. The molecule has 124 valence electrons. The minimum absolute atomic E-state index is 0.0281. The topological polar surface area (TPSA) is 65.4 Å². The van der Waals surface area contributed by atoms with Crippen molar-refractivity contribution >= 4 is 5.91 Å². The summed E-state index contributed by atoms with van der Waals surface area (Å²) >= 11 is 0. The fourth-order valence-corrected chi connectivity index (χ4v) is 2.31. The molecular weight excluding hydrogens is 294 g/mol. The summed E-state index contributed by atoms with van der Waals surface area (Å²) in [5, 5.41) is 7.09. The Morgan fingerprint density at radius 3 is 2.65 bits per heavy atom. The van der Waals surface area contributed by atoms with Gasteiger partial charge in [-0.25, -0.2) is 0 Å². The quantitative estimate of drug-likeness (QED) is 0.808. The van der Waals surface area contributed by atoms with Crippen LogP contribution in [0.15, 0.2) is 30.5 Å². The van der Waals surface area contributed by atoms with Gasteiger partial charge in [0.05, 0.1) is 14.2 Å². The van der Waals surface area contributed by atoms with Gasteiger partial charge >= 0.3 is 0 Å². The van der Waals surface area contributed by atoms with Crippen molar-refractivity contribution in [2.24, 2.45) is 0 Å². The van der Waals surface area contributed by atoms with E-state index in [0.717, 1.165) is 17.7 Å². The maximum atomic E-state index is 11.9. The van der Waals surface area contributed by atoms with Gasteiger partial charge in [0.25, 0.3) is 0 Å². The summed E-state index contributed by atoms with van der Waals surface area (Å²) in [5.74, 6) is 1.43. The van der Waals surface area contributed by atoms with Gasteiger partial charge in [0.1, 0.15) is 0 Å². The lowest BCUT2D eigenvalue weighted by Crippen LogP contribution is -2.26. The SMILES string of the molecule is COc1ccc(CCNC(=O)CCn2nccc2C)cc1OC. The monoisotopic (exact) mass is 317 g/mol. The van der Waals surface area contributed by atoms with Gasteiger partial charge in [-0.2, -0.15) is 5.10 Å². The number of benzene rings is 1. The molecule has 0 saturated heterocycles. The molecule has 0 radical (unpaired) electrons. The number of amides is 1. The highest BCUT2D eigenvalue weighted by atomic mass is 16.5. The second-order valence-corrected chi connectivity index (χ2v) is 5.24. The summed E-state index contributed by atoms with van der Waals surface area (Å²) in [5.41, 5.74) is 2.15. The molecule has 2 aromatic rings. The second kappa shape index (κ2) is 8.22. The maximum Gasteiger partial charge on any atom is 0.221 e. The standard InChI is InChI=1S/C17H23N3O3/c1-13-6-10-19-20(13)11-8-17(21)18-9-7-14-4-5-15(22-2)16(12-14)23-3/h4-6,10,12H,7-9,11H2,1-3H3,(H,18,21). The van der Waals surface area contributed by atoms with Crippen LogP contribution < -0.4 is 14.8 Å². The Labute approximate surface area is 136 Å². The van der Waals surface area contributed by atoms with E-state index in [9.17, 15) is 4.79 Å². The number of ether oxygens (including phenoxy) is 2. The molecular formula is C17H23N3O3. The zero-order valence-corrected chi connectivity index (χ0v) is 13.8. The van der Waals surface area contributed by atoms with Gasteiger partial charge in [-0.3, -0.25) is 9.48 Å². The third kappa shape index (κ3) is 4.74. The first-order valence-electron chi connectivity index (χ1n) is 7.60. The molecule has 1 N–H and O–H groups in total. The molecule has 1 amide bonds. The molecule has 0 unspecified atom stereocenters. The van der Waals surface area contributed by atoms with E-state index in [1.807, 2.05) is 35.9 Å². The van der Waals surface area contributed by atoms with E-state index in [1.54, 1.807) is 20.4 Å². The summed E-state index contributed by atoms with van der Waals surface area (Å²) in [4.78, 5) is 11.9. The smallest absolute Gasteiger partial charge is 0.221 e. The van der Waals surface area contributed by atoms with Crippen LogP contribution in [0.3, 0.4) is 0 Å². The average molecular weight is 317 g/mol. The maximum absolute atomic E-state index is 11.9. The predicted molar refractivity (Wildman–Crippen MR) is 87.8 cm³/mol. The second-order valence-electron chi connectivity index (χ2n) is 5.24. The minimum Gasteiger partial charge on any atom is -0.493 e. The lowest BCUT2D eigenvalue weighted by molar-refractivity contribution is -0.121. The first-order chi connectivity index (χ1) is 11.1. The van der Waals surface area contributed by atoms with E-state index in [0.29, 0.717) is 31.0 Å². The lowest BCUT2D eigenvalue weighted by Gasteiger charge is -2.10. The summed E-state index contributed by atoms with van der Waals surface area (Å²) in [6, 6.07) is 7.70. The van der Waals surface area contributed by atoms with Crippen LogP contribution in [0, 0.1) is 6.92 Å². The third-order valence-corrected chi connectivity index (χ3v) is 3.66. The van der Waals surface area contributed by atoms with Crippen LogP contribution in [0.4, 0.5) is 0 Å². The molecule has 0 bridgehead atoms. The van der Waals surface area contributed by atoms with E-state index in [2.05, 4.69) is 10.4 Å². The van der Waals surface area contributed by atoms with Gasteiger partial charge in [0.15, 0.2) is 11.5 Å². The number of nitrogens with one attached hydrogen (secondary N) is 1. The molecule has 0 fully saturated rings. The highest BCUT2D eigenvalue weighted by Gasteiger charge is 2.06. The number of carbonyl (C=O) groups excluding carboxylic acids is 1. The number of aromatic nitrogens is 2. The fourth-order valence-electron chi connectivity index (χ4n) is 2.31. The number of rotatable bonds is 8. The van der Waals surface area contributed by atoms with Crippen molar-refractivity contribution in [2.45, 2.75) is 26.3 Å². The summed E-state index contributed by atoms with van der Waals surface area (Å²) in [6.45, 7) is 3.16. The Morgan fingerprint density at radius 1 is 1.22 bits per heavy atom. The van der Waals surface area contributed by atoms with Crippen molar-refractivity contribution in [3.63, 3.8) is 0 Å². The van der Waals surface area contributed by atoms with E-state index < -0.39 is 0 Å². The van der Waals surface area contributed by atoms with Crippen LogP contribution in [-0.2, 0) is 17.8 Å². The molecule has 6 nitrogen and oxygen atoms in total. The number of hydrogen-bond donors (Lipinski definition) is 1. The van der Waals surface area contributed by atoms with Crippen LogP contribution in [0.2, 0.25) is 0 Å². The van der Waals surface area contributed by atoms with Crippen LogP contribution in [0.5, 0.6) is 11.5 Å². The molecule has 0 saturated carbocycles. The molecule has 0 spiro atoms. The van der Waals surface area contributed by atoms with Crippen LogP contribution in [-0.4, -0.2) is 36.5 Å². The highest BCUT2D eigenvalue weighted by molar-refractivity contribution is 5.75. The Kier molecular flexibility index (Phi) is 6.02. The van der Waals surface area contributed by atoms with E-state index >= 15 is 0 Å². The normalized spacial score (nSPS) is 10.4. The molecule has 0 aliphatic rings. The van der Waals surface area contributed by atoms with Crippen molar-refractivity contribution in [1.82, 2.24) is 15.1 Å². The number of hydrogen-bond acceptors (Lipinski definition) is 4. The van der Waals surface area contributed by atoms with Gasteiger partial charge in [-0.05, 0) is 37.1 Å². The lowest BCUT2D eigenvalue weighted by atomic mass is 10.1. The molecule has 0 aliphatic heterocycles. The minimum atomic E-state index is 0.0281. The van der Waals surface area contributed by atoms with E-state index in [1.165, 1.54) is 0 Å². The molecule has 1 aromatic heterocycles. The van der Waals surface area contributed by atoms with Gasteiger partial charge < -0.3 is 14.8 Å². The van der Waals surface area contributed by atoms with Crippen molar-refractivity contribution in [3.05, 3.63) is 41.7 Å². The van der Waals surface area contributed by atoms with Crippen LogP contribution in [0.25, 0.3) is 0 Å². The van der Waals surface area contributed by atoms with Crippen molar-refractivity contribution in [3.8, 4) is 11.5 Å². The predicted octanol–water partition coefficient (Wildman–Crippen LogP) is 1.96. The molecule has 23 heavy (non-hydrogen) atoms.